The maximum absolute atomic E-state index is 13.5. The van der Waals surface area contributed by atoms with Crippen molar-refractivity contribution in [2.45, 2.75) is 33.9 Å². The SMILES string of the molecule is Cc1ccsc1CN(Cc1ccc(F)cc1)C(=O)CN(CC(C)C)C(=O)c1ccc(Cl)cc1. The molecule has 3 aromatic rings. The predicted molar refractivity (Wildman–Crippen MR) is 132 cm³/mol. The van der Waals surface area contributed by atoms with Crippen molar-refractivity contribution < 1.29 is 14.0 Å². The minimum Gasteiger partial charge on any atom is -0.332 e. The Morgan fingerprint density at radius 3 is 2.21 bits per heavy atom. The summed E-state index contributed by atoms with van der Waals surface area (Å²) in [5.41, 5.74) is 2.44. The first-order valence-electron chi connectivity index (χ1n) is 10.8. The Hall–Kier alpha value is -2.70. The molecule has 0 fully saturated rings. The van der Waals surface area contributed by atoms with Crippen molar-refractivity contribution in [3.63, 3.8) is 0 Å². The molecule has 0 saturated carbocycles. The van der Waals surface area contributed by atoms with Gasteiger partial charge in [0, 0.05) is 28.6 Å². The molecule has 0 saturated heterocycles. The number of hydrogen-bond acceptors (Lipinski definition) is 3. The van der Waals surface area contributed by atoms with Gasteiger partial charge in [-0.1, -0.05) is 37.6 Å². The van der Waals surface area contributed by atoms with E-state index in [9.17, 15) is 14.0 Å². The van der Waals surface area contributed by atoms with Crippen LogP contribution in [0.4, 0.5) is 4.39 Å². The lowest BCUT2D eigenvalue weighted by atomic mass is 10.1. The molecular weight excluding hydrogens is 459 g/mol. The van der Waals surface area contributed by atoms with Crippen LogP contribution in [0.5, 0.6) is 0 Å². The highest BCUT2D eigenvalue weighted by Gasteiger charge is 2.24. The van der Waals surface area contributed by atoms with Crippen molar-refractivity contribution in [1.29, 1.82) is 0 Å². The molecule has 3 rings (SSSR count). The van der Waals surface area contributed by atoms with E-state index in [1.807, 2.05) is 32.2 Å². The molecule has 0 unspecified atom stereocenters. The summed E-state index contributed by atoms with van der Waals surface area (Å²) in [5.74, 6) is -0.487. The predicted octanol–water partition coefficient (Wildman–Crippen LogP) is 6.18. The lowest BCUT2D eigenvalue weighted by molar-refractivity contribution is -0.133. The van der Waals surface area contributed by atoms with E-state index >= 15 is 0 Å². The molecule has 0 radical (unpaired) electrons. The minimum atomic E-state index is -0.317. The standard InChI is InChI=1S/C26H28ClFN2O2S/c1-18(2)14-30(26(32)21-6-8-22(27)9-7-21)17-25(31)29(16-24-19(3)12-13-33-24)15-20-4-10-23(28)11-5-20/h4-13,18H,14-17H2,1-3H3. The van der Waals surface area contributed by atoms with Crippen molar-refractivity contribution in [1.82, 2.24) is 9.80 Å². The van der Waals surface area contributed by atoms with E-state index in [2.05, 4.69) is 0 Å². The van der Waals surface area contributed by atoms with Gasteiger partial charge in [-0.2, -0.15) is 0 Å². The minimum absolute atomic E-state index is 0.0365. The summed E-state index contributed by atoms with van der Waals surface area (Å²) in [6, 6.07) is 14.9. The van der Waals surface area contributed by atoms with Crippen molar-refractivity contribution >= 4 is 34.8 Å². The van der Waals surface area contributed by atoms with Crippen LogP contribution in [0.3, 0.4) is 0 Å². The number of halogens is 2. The first-order valence-corrected chi connectivity index (χ1v) is 12.1. The number of amides is 2. The second-order valence-corrected chi connectivity index (χ2v) is 9.93. The maximum atomic E-state index is 13.5. The number of hydrogen-bond donors (Lipinski definition) is 0. The van der Waals surface area contributed by atoms with E-state index < -0.39 is 0 Å². The molecule has 0 atom stereocenters. The van der Waals surface area contributed by atoms with Gasteiger partial charge in [-0.15, -0.1) is 11.3 Å². The Labute approximate surface area is 203 Å². The van der Waals surface area contributed by atoms with E-state index in [1.54, 1.807) is 57.5 Å². The topological polar surface area (TPSA) is 40.6 Å². The highest BCUT2D eigenvalue weighted by molar-refractivity contribution is 7.10. The maximum Gasteiger partial charge on any atom is 0.254 e. The third-order valence-corrected chi connectivity index (χ3v) is 6.49. The summed E-state index contributed by atoms with van der Waals surface area (Å²) < 4.78 is 13.4. The molecule has 1 heterocycles. The number of thiophene rings is 1. The van der Waals surface area contributed by atoms with E-state index in [0.717, 1.165) is 16.0 Å². The van der Waals surface area contributed by atoms with Crippen LogP contribution >= 0.6 is 22.9 Å². The summed E-state index contributed by atoms with van der Waals surface area (Å²) in [6.07, 6.45) is 0. The van der Waals surface area contributed by atoms with Gasteiger partial charge in [-0.25, -0.2) is 4.39 Å². The van der Waals surface area contributed by atoms with Crippen LogP contribution in [0, 0.1) is 18.7 Å². The summed E-state index contributed by atoms with van der Waals surface area (Å²) in [6.45, 7) is 7.23. The van der Waals surface area contributed by atoms with Gasteiger partial charge in [0.05, 0.1) is 6.54 Å². The zero-order valence-electron chi connectivity index (χ0n) is 19.1. The van der Waals surface area contributed by atoms with Crippen LogP contribution in [0.1, 0.15) is 40.2 Å². The van der Waals surface area contributed by atoms with Crippen LogP contribution in [0.2, 0.25) is 5.02 Å². The lowest BCUT2D eigenvalue weighted by Crippen LogP contribution is -2.43. The van der Waals surface area contributed by atoms with Crippen molar-refractivity contribution in [3.8, 4) is 0 Å². The van der Waals surface area contributed by atoms with Crippen LogP contribution in [0.25, 0.3) is 0 Å². The van der Waals surface area contributed by atoms with Gasteiger partial charge in [0.15, 0.2) is 0 Å². The van der Waals surface area contributed by atoms with Crippen LogP contribution in [0.15, 0.2) is 60.0 Å². The van der Waals surface area contributed by atoms with Crippen LogP contribution < -0.4 is 0 Å². The molecule has 2 amide bonds. The highest BCUT2D eigenvalue weighted by atomic mass is 35.5. The number of aryl methyl sites for hydroxylation is 1. The third-order valence-electron chi connectivity index (χ3n) is 5.23. The fraction of sp³-hybridized carbons (Fsp3) is 0.308. The van der Waals surface area contributed by atoms with Crippen LogP contribution in [-0.4, -0.2) is 34.7 Å². The zero-order chi connectivity index (χ0) is 24.0. The van der Waals surface area contributed by atoms with E-state index in [4.69, 9.17) is 11.6 Å². The number of carbonyl (C=O) groups excluding carboxylic acids is 2. The molecule has 174 valence electrons. The molecule has 1 aromatic heterocycles. The van der Waals surface area contributed by atoms with Gasteiger partial charge in [-0.3, -0.25) is 9.59 Å². The smallest absolute Gasteiger partial charge is 0.254 e. The second kappa shape index (κ2) is 11.4. The van der Waals surface area contributed by atoms with E-state index in [0.29, 0.717) is 30.2 Å². The Balaban J connectivity index is 1.83. The van der Waals surface area contributed by atoms with Gasteiger partial charge in [0.2, 0.25) is 5.91 Å². The van der Waals surface area contributed by atoms with Crippen molar-refractivity contribution in [3.05, 3.63) is 92.4 Å². The Bertz CT molecular complexity index is 1080. The summed E-state index contributed by atoms with van der Waals surface area (Å²) in [7, 11) is 0. The fourth-order valence-electron chi connectivity index (χ4n) is 3.48. The summed E-state index contributed by atoms with van der Waals surface area (Å²) in [5, 5.41) is 2.55. The molecular formula is C26H28ClFN2O2S. The molecule has 7 heteroatoms. The molecule has 0 N–H and O–H groups in total. The number of nitrogens with zero attached hydrogens (tertiary/aromatic N) is 2. The molecule has 0 aliphatic carbocycles. The molecule has 33 heavy (non-hydrogen) atoms. The fourth-order valence-corrected chi connectivity index (χ4v) is 4.53. The zero-order valence-corrected chi connectivity index (χ0v) is 20.6. The molecule has 4 nitrogen and oxygen atoms in total. The second-order valence-electron chi connectivity index (χ2n) is 8.49. The van der Waals surface area contributed by atoms with Gasteiger partial charge in [-0.05, 0) is 71.8 Å². The Morgan fingerprint density at radius 1 is 0.970 bits per heavy atom. The summed E-state index contributed by atoms with van der Waals surface area (Å²) >= 11 is 7.56. The van der Waals surface area contributed by atoms with E-state index in [1.165, 1.54) is 12.1 Å². The van der Waals surface area contributed by atoms with Crippen molar-refractivity contribution in [2.24, 2.45) is 5.92 Å². The quantitative estimate of drug-likeness (QED) is 0.362. The summed E-state index contributed by atoms with van der Waals surface area (Å²) in [4.78, 5) is 31.1. The highest BCUT2D eigenvalue weighted by Crippen LogP contribution is 2.20. The molecule has 0 bridgehead atoms. The van der Waals surface area contributed by atoms with Gasteiger partial charge in [0.25, 0.3) is 5.91 Å². The number of rotatable bonds is 9. The first kappa shape index (κ1) is 24.9. The first-order chi connectivity index (χ1) is 15.7. The van der Waals surface area contributed by atoms with E-state index in [-0.39, 0.29) is 30.1 Å². The van der Waals surface area contributed by atoms with Crippen molar-refractivity contribution in [2.75, 3.05) is 13.1 Å². The molecule has 2 aromatic carbocycles. The average molecular weight is 487 g/mol. The monoisotopic (exact) mass is 486 g/mol. The average Bonchev–Trinajstić information content (AvgIpc) is 3.18. The Kier molecular flexibility index (Phi) is 8.64. The molecule has 0 aliphatic rings. The third kappa shape index (κ3) is 7.14. The normalized spacial score (nSPS) is 11.0. The largest absolute Gasteiger partial charge is 0.332 e. The molecule has 0 aliphatic heterocycles. The van der Waals surface area contributed by atoms with Gasteiger partial charge < -0.3 is 9.80 Å². The number of benzene rings is 2. The molecule has 0 spiro atoms. The van der Waals surface area contributed by atoms with Gasteiger partial charge in [0.1, 0.15) is 12.4 Å². The Morgan fingerprint density at radius 2 is 1.64 bits per heavy atom. The van der Waals surface area contributed by atoms with Gasteiger partial charge >= 0.3 is 0 Å². The number of carbonyl (C=O) groups is 2. The van der Waals surface area contributed by atoms with Crippen LogP contribution in [-0.2, 0) is 17.9 Å². The lowest BCUT2D eigenvalue weighted by Gasteiger charge is -2.29.